The van der Waals surface area contributed by atoms with Gasteiger partial charge in [0.25, 0.3) is 0 Å². The summed E-state index contributed by atoms with van der Waals surface area (Å²) in [5.74, 6) is 0.390. The van der Waals surface area contributed by atoms with Crippen molar-refractivity contribution < 1.29 is 4.79 Å². The molecule has 0 amide bonds. The summed E-state index contributed by atoms with van der Waals surface area (Å²) in [7, 11) is 0. The molecule has 0 aromatic rings. The van der Waals surface area contributed by atoms with Crippen LogP contribution in [0.25, 0.3) is 0 Å². The van der Waals surface area contributed by atoms with E-state index in [0.29, 0.717) is 30.2 Å². The van der Waals surface area contributed by atoms with Gasteiger partial charge in [-0.1, -0.05) is 6.92 Å². The zero-order chi connectivity index (χ0) is 13.2. The highest BCUT2D eigenvalue weighted by Gasteiger charge is 2.41. The van der Waals surface area contributed by atoms with Gasteiger partial charge >= 0.3 is 0 Å². The van der Waals surface area contributed by atoms with Crippen LogP contribution in [0.1, 0.15) is 46.5 Å². The Morgan fingerprint density at radius 3 is 2.28 bits per heavy atom. The standard InChI is InChI=1S/C15H28N2O/c1-4-14(18)11-16-8-5-15(6-9-16)7-10-17(12-15)13(2)3/h13H,4-12H2,1-3H3. The molecule has 2 saturated heterocycles. The molecule has 0 unspecified atom stereocenters. The van der Waals surface area contributed by atoms with Gasteiger partial charge in [-0.15, -0.1) is 0 Å². The summed E-state index contributed by atoms with van der Waals surface area (Å²) in [5, 5.41) is 0. The van der Waals surface area contributed by atoms with Gasteiger partial charge in [0, 0.05) is 19.0 Å². The van der Waals surface area contributed by atoms with E-state index in [1.54, 1.807) is 0 Å². The predicted octanol–water partition coefficient (Wildman–Crippen LogP) is 2.16. The number of piperidine rings is 1. The van der Waals surface area contributed by atoms with Gasteiger partial charge < -0.3 is 4.90 Å². The fourth-order valence-electron chi connectivity index (χ4n) is 3.37. The molecule has 18 heavy (non-hydrogen) atoms. The summed E-state index contributed by atoms with van der Waals surface area (Å²) >= 11 is 0. The number of carbonyl (C=O) groups excluding carboxylic acids is 1. The van der Waals surface area contributed by atoms with Crippen LogP contribution in [0.5, 0.6) is 0 Å². The first-order valence-corrected chi connectivity index (χ1v) is 7.53. The van der Waals surface area contributed by atoms with Crippen LogP contribution in [-0.4, -0.2) is 54.3 Å². The van der Waals surface area contributed by atoms with E-state index in [1.165, 1.54) is 32.4 Å². The summed E-state index contributed by atoms with van der Waals surface area (Å²) in [4.78, 5) is 16.5. The summed E-state index contributed by atoms with van der Waals surface area (Å²) in [6, 6.07) is 0.684. The average Bonchev–Trinajstić information content (AvgIpc) is 2.77. The number of hydrogen-bond acceptors (Lipinski definition) is 3. The van der Waals surface area contributed by atoms with E-state index < -0.39 is 0 Å². The van der Waals surface area contributed by atoms with E-state index in [4.69, 9.17) is 0 Å². The van der Waals surface area contributed by atoms with Crippen LogP contribution < -0.4 is 0 Å². The molecule has 0 radical (unpaired) electrons. The second kappa shape index (κ2) is 5.70. The molecule has 2 heterocycles. The van der Waals surface area contributed by atoms with Crippen molar-refractivity contribution in [2.24, 2.45) is 5.41 Å². The quantitative estimate of drug-likeness (QED) is 0.766. The maximum atomic E-state index is 11.5. The highest BCUT2D eigenvalue weighted by Crippen LogP contribution is 2.40. The normalized spacial score (nSPS) is 25.1. The molecule has 104 valence electrons. The first-order chi connectivity index (χ1) is 8.54. The SMILES string of the molecule is CCC(=O)CN1CCC2(CC1)CCN(C(C)C)C2. The van der Waals surface area contributed by atoms with Crippen molar-refractivity contribution in [3.63, 3.8) is 0 Å². The van der Waals surface area contributed by atoms with Crippen LogP contribution in [0.15, 0.2) is 0 Å². The molecular weight excluding hydrogens is 224 g/mol. The predicted molar refractivity (Wildman–Crippen MR) is 74.7 cm³/mol. The highest BCUT2D eigenvalue weighted by atomic mass is 16.1. The third kappa shape index (κ3) is 3.12. The van der Waals surface area contributed by atoms with E-state index in [1.807, 2.05) is 6.92 Å². The molecule has 3 heteroatoms. The molecule has 1 spiro atoms. The average molecular weight is 252 g/mol. The third-order valence-corrected chi connectivity index (χ3v) is 4.91. The molecule has 0 atom stereocenters. The van der Waals surface area contributed by atoms with E-state index in [2.05, 4.69) is 23.6 Å². The summed E-state index contributed by atoms with van der Waals surface area (Å²) in [6.45, 7) is 12.0. The minimum Gasteiger partial charge on any atom is -0.300 e. The molecule has 3 nitrogen and oxygen atoms in total. The number of ketones is 1. The number of likely N-dealkylation sites (tertiary alicyclic amines) is 2. The van der Waals surface area contributed by atoms with Crippen molar-refractivity contribution in [3.05, 3.63) is 0 Å². The Morgan fingerprint density at radius 2 is 1.78 bits per heavy atom. The lowest BCUT2D eigenvalue weighted by Crippen LogP contribution is -2.43. The largest absolute Gasteiger partial charge is 0.300 e. The lowest BCUT2D eigenvalue weighted by molar-refractivity contribution is -0.120. The summed E-state index contributed by atoms with van der Waals surface area (Å²) < 4.78 is 0. The molecule has 0 aromatic heterocycles. The molecule has 2 aliphatic heterocycles. The minimum absolute atomic E-state index is 0.390. The van der Waals surface area contributed by atoms with Crippen molar-refractivity contribution in [1.29, 1.82) is 0 Å². The van der Waals surface area contributed by atoms with Crippen LogP contribution in [0.3, 0.4) is 0 Å². The van der Waals surface area contributed by atoms with Gasteiger partial charge in [0.2, 0.25) is 0 Å². The second-order valence-corrected chi connectivity index (χ2v) is 6.48. The second-order valence-electron chi connectivity index (χ2n) is 6.48. The molecule has 2 fully saturated rings. The Bertz CT molecular complexity index is 293. The smallest absolute Gasteiger partial charge is 0.146 e. The number of hydrogen-bond donors (Lipinski definition) is 0. The number of carbonyl (C=O) groups is 1. The van der Waals surface area contributed by atoms with Crippen molar-refractivity contribution in [2.45, 2.75) is 52.5 Å². The van der Waals surface area contributed by atoms with Gasteiger partial charge in [-0.05, 0) is 58.2 Å². The summed E-state index contributed by atoms with van der Waals surface area (Å²) in [5.41, 5.74) is 0.566. The lowest BCUT2D eigenvalue weighted by Gasteiger charge is -2.39. The Labute approximate surface area is 112 Å². The van der Waals surface area contributed by atoms with E-state index in [-0.39, 0.29) is 0 Å². The molecule has 0 N–H and O–H groups in total. The van der Waals surface area contributed by atoms with E-state index in [9.17, 15) is 4.79 Å². The van der Waals surface area contributed by atoms with E-state index in [0.717, 1.165) is 13.1 Å². The summed E-state index contributed by atoms with van der Waals surface area (Å²) in [6.07, 6.45) is 4.62. The van der Waals surface area contributed by atoms with Crippen molar-refractivity contribution in [1.82, 2.24) is 9.80 Å². The van der Waals surface area contributed by atoms with Crippen LogP contribution in [-0.2, 0) is 4.79 Å². The fraction of sp³-hybridized carbons (Fsp3) is 0.933. The van der Waals surface area contributed by atoms with Gasteiger partial charge in [0.05, 0.1) is 6.54 Å². The lowest BCUT2D eigenvalue weighted by atomic mass is 9.77. The van der Waals surface area contributed by atoms with E-state index >= 15 is 0 Å². The molecule has 0 saturated carbocycles. The van der Waals surface area contributed by atoms with Crippen LogP contribution in [0, 0.1) is 5.41 Å². The van der Waals surface area contributed by atoms with Crippen molar-refractivity contribution in [2.75, 3.05) is 32.7 Å². The Hall–Kier alpha value is -0.410. The first kappa shape index (κ1) is 14.0. The number of nitrogens with zero attached hydrogens (tertiary/aromatic N) is 2. The van der Waals surface area contributed by atoms with Gasteiger partial charge in [-0.3, -0.25) is 9.69 Å². The molecule has 2 aliphatic rings. The highest BCUT2D eigenvalue weighted by molar-refractivity contribution is 5.80. The Morgan fingerprint density at radius 1 is 1.17 bits per heavy atom. The van der Waals surface area contributed by atoms with Gasteiger partial charge in [-0.2, -0.15) is 0 Å². The van der Waals surface area contributed by atoms with Gasteiger partial charge in [0.1, 0.15) is 5.78 Å². The number of Topliss-reactive ketones (excluding diaryl/α,β-unsaturated/α-hetero) is 1. The zero-order valence-corrected chi connectivity index (χ0v) is 12.2. The van der Waals surface area contributed by atoms with Crippen LogP contribution in [0.2, 0.25) is 0 Å². The van der Waals surface area contributed by atoms with Crippen LogP contribution >= 0.6 is 0 Å². The monoisotopic (exact) mass is 252 g/mol. The zero-order valence-electron chi connectivity index (χ0n) is 12.2. The van der Waals surface area contributed by atoms with Gasteiger partial charge in [0.15, 0.2) is 0 Å². The molecular formula is C15H28N2O. The van der Waals surface area contributed by atoms with Crippen molar-refractivity contribution in [3.8, 4) is 0 Å². The minimum atomic E-state index is 0.390. The van der Waals surface area contributed by atoms with Gasteiger partial charge in [-0.25, -0.2) is 0 Å². The topological polar surface area (TPSA) is 23.6 Å². The molecule has 0 aromatic carbocycles. The molecule has 0 aliphatic carbocycles. The molecule has 2 rings (SSSR count). The maximum Gasteiger partial charge on any atom is 0.146 e. The van der Waals surface area contributed by atoms with Crippen molar-refractivity contribution >= 4 is 5.78 Å². The third-order valence-electron chi connectivity index (χ3n) is 4.91. The van der Waals surface area contributed by atoms with Crippen LogP contribution in [0.4, 0.5) is 0 Å². The Balaban J connectivity index is 1.81. The maximum absolute atomic E-state index is 11.5. The molecule has 0 bridgehead atoms. The fourth-order valence-corrected chi connectivity index (χ4v) is 3.37. The number of rotatable bonds is 4. The Kier molecular flexibility index (Phi) is 4.44. The first-order valence-electron chi connectivity index (χ1n) is 7.53.